The molecular weight excluding hydrogens is 264 g/mol. The van der Waals surface area contributed by atoms with Crippen molar-refractivity contribution in [3.63, 3.8) is 0 Å². The Balaban J connectivity index is 1.78. The lowest BCUT2D eigenvalue weighted by molar-refractivity contribution is -0.110. The highest BCUT2D eigenvalue weighted by atomic mass is 16.2. The van der Waals surface area contributed by atoms with Gasteiger partial charge in [-0.05, 0) is 49.5 Å². The van der Waals surface area contributed by atoms with Crippen molar-refractivity contribution >= 4 is 29.1 Å². The van der Waals surface area contributed by atoms with Crippen LogP contribution in [0.15, 0.2) is 18.3 Å². The van der Waals surface area contributed by atoms with Crippen LogP contribution in [0.4, 0.5) is 11.5 Å². The Morgan fingerprint density at radius 2 is 2.10 bits per heavy atom. The smallest absolute Gasteiger partial charge is 0.257 e. The molecule has 2 aromatic rings. The summed E-state index contributed by atoms with van der Waals surface area (Å²) in [4.78, 5) is 19.7. The average molecular weight is 280 g/mol. The molecule has 2 aliphatic rings. The first-order chi connectivity index (χ1) is 10.2. The van der Waals surface area contributed by atoms with Crippen molar-refractivity contribution in [3.05, 3.63) is 40.8 Å². The van der Waals surface area contributed by atoms with E-state index in [4.69, 9.17) is 5.73 Å². The van der Waals surface area contributed by atoms with E-state index in [1.807, 2.05) is 6.08 Å². The molecule has 106 valence electrons. The molecule has 0 fully saturated rings. The molecule has 0 saturated carbocycles. The van der Waals surface area contributed by atoms with Crippen molar-refractivity contribution in [3.8, 4) is 0 Å². The fourth-order valence-corrected chi connectivity index (χ4v) is 3.09. The predicted octanol–water partition coefficient (Wildman–Crippen LogP) is 2.36. The van der Waals surface area contributed by atoms with Gasteiger partial charge < -0.3 is 16.0 Å². The number of nitrogens with two attached hydrogens (primary N) is 1. The zero-order valence-electron chi connectivity index (χ0n) is 11.6. The Morgan fingerprint density at radius 3 is 2.95 bits per heavy atom. The fraction of sp³-hybridized carbons (Fsp3) is 0.250. The molecule has 0 saturated heterocycles. The van der Waals surface area contributed by atoms with Crippen LogP contribution in [0.5, 0.6) is 0 Å². The van der Waals surface area contributed by atoms with Crippen LogP contribution in [-0.4, -0.2) is 15.9 Å². The summed E-state index contributed by atoms with van der Waals surface area (Å²) in [6.45, 7) is 0. The monoisotopic (exact) mass is 280 g/mol. The maximum atomic E-state index is 12.1. The summed E-state index contributed by atoms with van der Waals surface area (Å²) in [6.07, 6.45) is 8.12. The number of nitrogen functional groups attached to an aromatic ring is 1. The van der Waals surface area contributed by atoms with Gasteiger partial charge >= 0.3 is 0 Å². The summed E-state index contributed by atoms with van der Waals surface area (Å²) in [5.41, 5.74) is 11.4. The van der Waals surface area contributed by atoms with Crippen LogP contribution in [0.3, 0.4) is 0 Å². The number of hydrogen-bond acceptors (Lipinski definition) is 3. The first-order valence-corrected chi connectivity index (χ1v) is 7.20. The number of H-pyrrole nitrogens is 1. The van der Waals surface area contributed by atoms with Crippen LogP contribution in [0.1, 0.15) is 35.4 Å². The SMILES string of the molecule is Nc1cnc2c(c1)C(=Cc1cc3c([nH]1)CCCC3)C(=O)N2. The molecule has 5 nitrogen and oxygen atoms in total. The van der Waals surface area contributed by atoms with Gasteiger partial charge in [0.1, 0.15) is 5.82 Å². The molecule has 4 rings (SSSR count). The second kappa shape index (κ2) is 4.48. The second-order valence-electron chi connectivity index (χ2n) is 5.61. The van der Waals surface area contributed by atoms with Gasteiger partial charge in [0, 0.05) is 17.0 Å². The third-order valence-electron chi connectivity index (χ3n) is 4.11. The number of pyridine rings is 1. The van der Waals surface area contributed by atoms with Crippen molar-refractivity contribution in [2.45, 2.75) is 25.7 Å². The van der Waals surface area contributed by atoms with Crippen molar-refractivity contribution in [2.24, 2.45) is 0 Å². The molecule has 1 amide bonds. The maximum absolute atomic E-state index is 12.1. The minimum absolute atomic E-state index is 0.129. The summed E-state index contributed by atoms with van der Waals surface area (Å²) in [6, 6.07) is 3.93. The molecule has 0 spiro atoms. The maximum Gasteiger partial charge on any atom is 0.257 e. The topological polar surface area (TPSA) is 83.8 Å². The molecule has 2 aromatic heterocycles. The fourth-order valence-electron chi connectivity index (χ4n) is 3.09. The first kappa shape index (κ1) is 12.2. The van der Waals surface area contributed by atoms with Crippen molar-refractivity contribution in [2.75, 3.05) is 11.1 Å². The largest absolute Gasteiger partial charge is 0.397 e. The molecule has 4 N–H and O–H groups in total. The zero-order chi connectivity index (χ0) is 14.4. The summed E-state index contributed by atoms with van der Waals surface area (Å²) in [7, 11) is 0. The Hall–Kier alpha value is -2.56. The molecule has 1 aliphatic carbocycles. The van der Waals surface area contributed by atoms with Gasteiger partial charge in [-0.15, -0.1) is 0 Å². The van der Waals surface area contributed by atoms with Crippen LogP contribution in [-0.2, 0) is 17.6 Å². The van der Waals surface area contributed by atoms with E-state index in [0.29, 0.717) is 17.1 Å². The number of nitrogens with one attached hydrogen (secondary N) is 2. The lowest BCUT2D eigenvalue weighted by atomic mass is 9.98. The molecule has 0 bridgehead atoms. The van der Waals surface area contributed by atoms with E-state index in [0.717, 1.165) is 24.1 Å². The van der Waals surface area contributed by atoms with Gasteiger partial charge in [-0.1, -0.05) is 0 Å². The van der Waals surface area contributed by atoms with Gasteiger partial charge in [0.25, 0.3) is 5.91 Å². The average Bonchev–Trinajstić information content (AvgIpc) is 3.01. The first-order valence-electron chi connectivity index (χ1n) is 7.20. The zero-order valence-corrected chi connectivity index (χ0v) is 11.6. The van der Waals surface area contributed by atoms with E-state index in [-0.39, 0.29) is 5.91 Å². The third kappa shape index (κ3) is 2.01. The molecular formula is C16H16N4O. The van der Waals surface area contributed by atoms with E-state index in [1.165, 1.54) is 24.1 Å². The predicted molar refractivity (Wildman–Crippen MR) is 82.6 cm³/mol. The van der Waals surface area contributed by atoms with E-state index >= 15 is 0 Å². The number of aryl methyl sites for hydroxylation is 2. The molecule has 3 heterocycles. The highest BCUT2D eigenvalue weighted by Crippen LogP contribution is 2.33. The highest BCUT2D eigenvalue weighted by molar-refractivity contribution is 6.34. The molecule has 0 radical (unpaired) electrons. The Bertz CT molecular complexity index is 749. The van der Waals surface area contributed by atoms with Crippen LogP contribution in [0.25, 0.3) is 11.6 Å². The van der Waals surface area contributed by atoms with E-state index in [1.54, 1.807) is 12.3 Å². The summed E-state index contributed by atoms with van der Waals surface area (Å²) >= 11 is 0. The van der Waals surface area contributed by atoms with Gasteiger partial charge in [0.15, 0.2) is 0 Å². The molecule has 5 heteroatoms. The number of fused-ring (bicyclic) bond motifs is 2. The number of anilines is 2. The second-order valence-corrected chi connectivity index (χ2v) is 5.61. The number of carbonyl (C=O) groups excluding carboxylic acids is 1. The Morgan fingerprint density at radius 1 is 1.24 bits per heavy atom. The van der Waals surface area contributed by atoms with Crippen molar-refractivity contribution in [1.82, 2.24) is 9.97 Å². The number of rotatable bonds is 1. The number of aromatic amines is 1. The lowest BCUT2D eigenvalue weighted by Crippen LogP contribution is -2.04. The van der Waals surface area contributed by atoms with Gasteiger partial charge in [-0.25, -0.2) is 4.98 Å². The van der Waals surface area contributed by atoms with Crippen molar-refractivity contribution in [1.29, 1.82) is 0 Å². The van der Waals surface area contributed by atoms with E-state index in [9.17, 15) is 4.79 Å². The van der Waals surface area contributed by atoms with Gasteiger partial charge in [-0.2, -0.15) is 0 Å². The number of aromatic nitrogens is 2. The molecule has 0 aromatic carbocycles. The van der Waals surface area contributed by atoms with Crippen LogP contribution in [0.2, 0.25) is 0 Å². The molecule has 21 heavy (non-hydrogen) atoms. The quantitative estimate of drug-likeness (QED) is 0.701. The summed E-state index contributed by atoms with van der Waals surface area (Å²) in [5, 5.41) is 2.77. The molecule has 0 unspecified atom stereocenters. The van der Waals surface area contributed by atoms with Gasteiger partial charge in [0.2, 0.25) is 0 Å². The molecule has 0 atom stereocenters. The van der Waals surface area contributed by atoms with Crippen molar-refractivity contribution < 1.29 is 4.79 Å². The Labute approximate surface area is 122 Å². The number of amides is 1. The highest BCUT2D eigenvalue weighted by Gasteiger charge is 2.26. The summed E-state index contributed by atoms with van der Waals surface area (Å²) in [5.74, 6) is 0.451. The standard InChI is InChI=1S/C16H16N4O/c17-10-6-12-13(16(21)20-15(12)18-8-10)7-11-5-9-3-1-2-4-14(9)19-11/h5-8,19H,1-4,17H2,(H,18,20,21). The lowest BCUT2D eigenvalue weighted by Gasteiger charge is -2.08. The van der Waals surface area contributed by atoms with Crippen LogP contribution >= 0.6 is 0 Å². The van der Waals surface area contributed by atoms with Gasteiger partial charge in [0.05, 0.1) is 17.5 Å². The number of nitrogens with zero attached hydrogens (tertiary/aromatic N) is 1. The summed E-state index contributed by atoms with van der Waals surface area (Å²) < 4.78 is 0. The molecule has 1 aliphatic heterocycles. The normalized spacial score (nSPS) is 18.5. The number of carbonyl (C=O) groups is 1. The number of hydrogen-bond donors (Lipinski definition) is 3. The van der Waals surface area contributed by atoms with E-state index in [2.05, 4.69) is 21.4 Å². The Kier molecular flexibility index (Phi) is 2.60. The van der Waals surface area contributed by atoms with Crippen LogP contribution in [0, 0.1) is 0 Å². The minimum atomic E-state index is -0.129. The van der Waals surface area contributed by atoms with Crippen LogP contribution < -0.4 is 11.1 Å². The van der Waals surface area contributed by atoms with E-state index < -0.39 is 0 Å². The minimum Gasteiger partial charge on any atom is -0.397 e. The third-order valence-corrected chi connectivity index (χ3v) is 4.11. The van der Waals surface area contributed by atoms with Gasteiger partial charge in [-0.3, -0.25) is 4.79 Å².